The van der Waals surface area contributed by atoms with Crippen molar-refractivity contribution < 1.29 is 12.6 Å². The van der Waals surface area contributed by atoms with E-state index in [1.165, 1.54) is 0 Å². The minimum Gasteiger partial charge on any atom is -0.311 e. The zero-order valence-electron chi connectivity index (χ0n) is 8.80. The summed E-state index contributed by atoms with van der Waals surface area (Å²) in [6, 6.07) is 9.45. The van der Waals surface area contributed by atoms with Gasteiger partial charge in [0.2, 0.25) is 0 Å². The van der Waals surface area contributed by atoms with Crippen molar-refractivity contribution in [1.82, 2.24) is 5.32 Å². The third-order valence-corrected chi connectivity index (χ3v) is 2.56. The maximum absolute atomic E-state index is 10.8. The molecule has 0 saturated heterocycles. The van der Waals surface area contributed by atoms with Crippen LogP contribution in [0.15, 0.2) is 30.3 Å². The predicted octanol–water partition coefficient (Wildman–Crippen LogP) is 0.923. The average molecular weight is 229 g/mol. The van der Waals surface area contributed by atoms with E-state index in [9.17, 15) is 8.42 Å². The fourth-order valence-corrected chi connectivity index (χ4v) is 1.61. The van der Waals surface area contributed by atoms with Crippen molar-refractivity contribution in [3.63, 3.8) is 0 Å². The summed E-state index contributed by atoms with van der Waals surface area (Å²) in [6.45, 7) is 0.110. The monoisotopic (exact) mass is 229 g/mol. The Labute approximate surface area is 90.4 Å². The van der Waals surface area contributed by atoms with Crippen LogP contribution in [0.2, 0.25) is 0 Å². The quantitative estimate of drug-likeness (QED) is 0.763. The van der Waals surface area contributed by atoms with E-state index >= 15 is 0 Å². The Kier molecular flexibility index (Phi) is 4.26. The van der Waals surface area contributed by atoms with E-state index in [-0.39, 0.29) is 12.6 Å². The molecule has 1 N–H and O–H groups in total. The Morgan fingerprint density at radius 1 is 1.33 bits per heavy atom. The van der Waals surface area contributed by atoms with Gasteiger partial charge in [-0.15, -0.1) is 0 Å². The van der Waals surface area contributed by atoms with Crippen LogP contribution < -0.4 is 5.32 Å². The molecular weight excluding hydrogens is 214 g/mol. The Bertz CT molecular complexity index is 388. The first-order chi connectivity index (χ1) is 7.03. The van der Waals surface area contributed by atoms with Gasteiger partial charge < -0.3 is 5.32 Å². The lowest BCUT2D eigenvalue weighted by molar-refractivity contribution is 0.280. The Morgan fingerprint density at radius 3 is 2.40 bits per heavy atom. The van der Waals surface area contributed by atoms with Gasteiger partial charge >= 0.3 is 0 Å². The first-order valence-corrected chi connectivity index (χ1v) is 6.41. The topological polar surface area (TPSA) is 55.4 Å². The summed E-state index contributed by atoms with van der Waals surface area (Å²) in [6.07, 6.45) is 1.05. The number of likely N-dealkylation sites (N-methyl/N-ethyl adjacent to an activating group) is 1. The fraction of sp³-hybridized carbons (Fsp3) is 0.400. The SMILES string of the molecule is CN[C@@H](COS(C)(=O)=O)c1ccccc1. The third kappa shape index (κ3) is 4.42. The lowest BCUT2D eigenvalue weighted by Crippen LogP contribution is -2.23. The van der Waals surface area contributed by atoms with Crippen molar-refractivity contribution in [2.24, 2.45) is 0 Å². The van der Waals surface area contributed by atoms with Crippen LogP contribution in [-0.2, 0) is 14.3 Å². The highest BCUT2D eigenvalue weighted by Gasteiger charge is 2.11. The summed E-state index contributed by atoms with van der Waals surface area (Å²) in [5.41, 5.74) is 1.00. The van der Waals surface area contributed by atoms with Gasteiger partial charge in [-0.05, 0) is 12.6 Å². The van der Waals surface area contributed by atoms with Crippen LogP contribution in [0, 0.1) is 0 Å². The molecule has 0 aliphatic carbocycles. The van der Waals surface area contributed by atoms with Gasteiger partial charge in [-0.3, -0.25) is 4.18 Å². The van der Waals surface area contributed by atoms with E-state index in [1.54, 1.807) is 7.05 Å². The standard InChI is InChI=1S/C10H15NO3S/c1-11-10(8-14-15(2,12)13)9-6-4-3-5-7-9/h3-7,10-11H,8H2,1-2H3/t10-/m0/s1. The zero-order chi connectivity index (χ0) is 11.3. The molecule has 0 bridgehead atoms. The van der Waals surface area contributed by atoms with Gasteiger partial charge in [0, 0.05) is 0 Å². The van der Waals surface area contributed by atoms with Crippen LogP contribution in [0.5, 0.6) is 0 Å². The van der Waals surface area contributed by atoms with E-state index in [0.29, 0.717) is 0 Å². The van der Waals surface area contributed by atoms with Crippen molar-refractivity contribution in [3.05, 3.63) is 35.9 Å². The third-order valence-electron chi connectivity index (χ3n) is 2.00. The lowest BCUT2D eigenvalue weighted by Gasteiger charge is -2.15. The molecule has 84 valence electrons. The molecule has 1 aromatic carbocycles. The predicted molar refractivity (Wildman–Crippen MR) is 59.0 cm³/mol. The van der Waals surface area contributed by atoms with E-state index in [4.69, 9.17) is 4.18 Å². The molecule has 0 saturated carbocycles. The molecule has 4 nitrogen and oxygen atoms in total. The summed E-state index contributed by atoms with van der Waals surface area (Å²) < 4.78 is 26.4. The second-order valence-corrected chi connectivity index (χ2v) is 4.88. The summed E-state index contributed by atoms with van der Waals surface area (Å²) in [5.74, 6) is 0. The number of hydrogen-bond donors (Lipinski definition) is 1. The fourth-order valence-electron chi connectivity index (χ4n) is 1.22. The first-order valence-electron chi connectivity index (χ1n) is 4.59. The molecule has 5 heteroatoms. The molecule has 15 heavy (non-hydrogen) atoms. The van der Waals surface area contributed by atoms with Crippen molar-refractivity contribution in [1.29, 1.82) is 0 Å². The maximum Gasteiger partial charge on any atom is 0.264 e. The number of hydrogen-bond acceptors (Lipinski definition) is 4. The molecule has 0 aromatic heterocycles. The molecule has 0 amide bonds. The van der Waals surface area contributed by atoms with Crippen LogP contribution >= 0.6 is 0 Å². The van der Waals surface area contributed by atoms with Crippen LogP contribution in [0.25, 0.3) is 0 Å². The highest BCUT2D eigenvalue weighted by Crippen LogP contribution is 2.12. The molecule has 0 aliphatic rings. The number of nitrogens with one attached hydrogen (secondary N) is 1. The molecule has 0 spiro atoms. The highest BCUT2D eigenvalue weighted by atomic mass is 32.2. The van der Waals surface area contributed by atoms with Crippen molar-refractivity contribution in [3.8, 4) is 0 Å². The van der Waals surface area contributed by atoms with Crippen molar-refractivity contribution >= 4 is 10.1 Å². The number of rotatable bonds is 5. The van der Waals surface area contributed by atoms with E-state index in [0.717, 1.165) is 11.8 Å². The minimum atomic E-state index is -3.38. The van der Waals surface area contributed by atoms with Crippen LogP contribution in [-0.4, -0.2) is 28.3 Å². The van der Waals surface area contributed by atoms with Gasteiger partial charge in [-0.1, -0.05) is 30.3 Å². The summed E-state index contributed by atoms with van der Waals surface area (Å²) >= 11 is 0. The smallest absolute Gasteiger partial charge is 0.264 e. The molecule has 0 radical (unpaired) electrons. The van der Waals surface area contributed by atoms with E-state index < -0.39 is 10.1 Å². The zero-order valence-corrected chi connectivity index (χ0v) is 9.62. The second-order valence-electron chi connectivity index (χ2n) is 3.24. The minimum absolute atomic E-state index is 0.110. The van der Waals surface area contributed by atoms with Crippen LogP contribution in [0.1, 0.15) is 11.6 Å². The normalized spacial score (nSPS) is 13.7. The number of benzene rings is 1. The van der Waals surface area contributed by atoms with Gasteiger partial charge in [0.15, 0.2) is 0 Å². The lowest BCUT2D eigenvalue weighted by atomic mass is 10.1. The molecule has 0 heterocycles. The Hall–Kier alpha value is -0.910. The molecule has 0 fully saturated rings. The highest BCUT2D eigenvalue weighted by molar-refractivity contribution is 7.85. The molecule has 1 rings (SSSR count). The second kappa shape index (κ2) is 5.25. The van der Waals surface area contributed by atoms with Gasteiger partial charge in [-0.25, -0.2) is 0 Å². The Morgan fingerprint density at radius 2 is 1.93 bits per heavy atom. The molecule has 1 aromatic rings. The van der Waals surface area contributed by atoms with Crippen LogP contribution in [0.3, 0.4) is 0 Å². The van der Waals surface area contributed by atoms with E-state index in [2.05, 4.69) is 5.32 Å². The molecular formula is C10H15NO3S. The van der Waals surface area contributed by atoms with Gasteiger partial charge in [0.1, 0.15) is 0 Å². The van der Waals surface area contributed by atoms with Gasteiger partial charge in [-0.2, -0.15) is 8.42 Å². The Balaban J connectivity index is 2.66. The summed E-state index contributed by atoms with van der Waals surface area (Å²) in [7, 11) is -1.61. The summed E-state index contributed by atoms with van der Waals surface area (Å²) in [5, 5.41) is 3.00. The average Bonchev–Trinajstić information content (AvgIpc) is 2.19. The molecule has 0 unspecified atom stereocenters. The summed E-state index contributed by atoms with van der Waals surface area (Å²) in [4.78, 5) is 0. The van der Waals surface area contributed by atoms with Crippen molar-refractivity contribution in [2.75, 3.05) is 19.9 Å². The maximum atomic E-state index is 10.8. The van der Waals surface area contributed by atoms with E-state index in [1.807, 2.05) is 30.3 Å². The molecule has 1 atom stereocenters. The van der Waals surface area contributed by atoms with Gasteiger partial charge in [0.25, 0.3) is 10.1 Å². The van der Waals surface area contributed by atoms with Gasteiger partial charge in [0.05, 0.1) is 18.9 Å². The van der Waals surface area contributed by atoms with Crippen LogP contribution in [0.4, 0.5) is 0 Å². The molecule has 0 aliphatic heterocycles. The first kappa shape index (κ1) is 12.2. The van der Waals surface area contributed by atoms with Crippen molar-refractivity contribution in [2.45, 2.75) is 6.04 Å². The largest absolute Gasteiger partial charge is 0.311 e.